The molecular formula is C25H23N9O. The number of anilines is 1. The van der Waals surface area contributed by atoms with E-state index in [1.807, 2.05) is 50.2 Å². The first kappa shape index (κ1) is 22.2. The predicted octanol–water partition coefficient (Wildman–Crippen LogP) is 3.50. The van der Waals surface area contributed by atoms with Crippen molar-refractivity contribution in [2.75, 3.05) is 5.32 Å². The number of nitrogens with one attached hydrogen (secondary N) is 1. The molecule has 2 N–H and O–H groups in total. The Balaban J connectivity index is 1.47. The number of aliphatic hydroxyl groups excluding tert-OH is 1. The minimum absolute atomic E-state index is 0.157. The van der Waals surface area contributed by atoms with E-state index in [0.29, 0.717) is 22.7 Å². The van der Waals surface area contributed by atoms with Gasteiger partial charge in [0.05, 0.1) is 30.6 Å². The summed E-state index contributed by atoms with van der Waals surface area (Å²) >= 11 is 0. The summed E-state index contributed by atoms with van der Waals surface area (Å²) in [5.41, 5.74) is 4.13. The van der Waals surface area contributed by atoms with Crippen LogP contribution in [0.2, 0.25) is 0 Å². The number of nitrogens with zero attached hydrogens (tertiary/aromatic N) is 8. The Morgan fingerprint density at radius 2 is 1.91 bits per heavy atom. The van der Waals surface area contributed by atoms with Crippen molar-refractivity contribution >= 4 is 16.7 Å². The number of hydrogen-bond donors (Lipinski definition) is 2. The number of aromatic nitrogens is 7. The van der Waals surface area contributed by atoms with Crippen molar-refractivity contribution in [3.8, 4) is 23.1 Å². The molecule has 0 unspecified atom stereocenters. The molecule has 5 rings (SSSR count). The van der Waals surface area contributed by atoms with Gasteiger partial charge in [-0.1, -0.05) is 35.5 Å². The summed E-state index contributed by atoms with van der Waals surface area (Å²) in [6, 6.07) is 15.3. The fourth-order valence-corrected chi connectivity index (χ4v) is 3.81. The third kappa shape index (κ3) is 4.58. The number of hydrogen-bond acceptors (Lipinski definition) is 8. The lowest BCUT2D eigenvalue weighted by atomic mass is 10.1. The molecule has 0 saturated carbocycles. The highest BCUT2D eigenvalue weighted by Crippen LogP contribution is 2.29. The fraction of sp³-hybridized carbons (Fsp3) is 0.200. The highest BCUT2D eigenvalue weighted by atomic mass is 16.3. The zero-order chi connectivity index (χ0) is 24.4. The van der Waals surface area contributed by atoms with E-state index in [-0.39, 0.29) is 12.6 Å². The van der Waals surface area contributed by atoms with Gasteiger partial charge in [-0.3, -0.25) is 0 Å². The molecule has 10 heteroatoms. The van der Waals surface area contributed by atoms with Gasteiger partial charge in [-0.15, -0.1) is 5.10 Å². The van der Waals surface area contributed by atoms with Gasteiger partial charge in [0.2, 0.25) is 0 Å². The molecule has 10 nitrogen and oxygen atoms in total. The molecule has 0 bridgehead atoms. The average molecular weight is 466 g/mol. The second kappa shape index (κ2) is 9.32. The Morgan fingerprint density at radius 1 is 1.09 bits per heavy atom. The maximum atomic E-state index is 10.5. The van der Waals surface area contributed by atoms with Gasteiger partial charge in [0, 0.05) is 41.1 Å². The lowest BCUT2D eigenvalue weighted by Crippen LogP contribution is -2.12. The molecule has 0 saturated heterocycles. The van der Waals surface area contributed by atoms with Crippen molar-refractivity contribution in [1.29, 1.82) is 5.26 Å². The molecule has 0 radical (unpaired) electrons. The summed E-state index contributed by atoms with van der Waals surface area (Å²) in [7, 11) is 0. The van der Waals surface area contributed by atoms with Gasteiger partial charge in [0.15, 0.2) is 11.5 Å². The molecule has 0 amide bonds. The molecule has 0 aliphatic carbocycles. The van der Waals surface area contributed by atoms with E-state index >= 15 is 0 Å². The number of nitriles is 1. The van der Waals surface area contributed by atoms with Crippen molar-refractivity contribution < 1.29 is 5.11 Å². The third-order valence-corrected chi connectivity index (χ3v) is 5.45. The van der Waals surface area contributed by atoms with E-state index in [0.717, 1.165) is 22.2 Å². The van der Waals surface area contributed by atoms with Crippen LogP contribution in [0.1, 0.15) is 31.1 Å². The molecule has 4 aromatic heterocycles. The minimum Gasteiger partial charge on any atom is -0.386 e. The molecule has 4 heterocycles. The first-order valence-corrected chi connectivity index (χ1v) is 11.2. The van der Waals surface area contributed by atoms with Crippen LogP contribution in [0, 0.1) is 11.3 Å². The lowest BCUT2D eigenvalue weighted by Gasteiger charge is -2.15. The number of benzene rings is 1. The molecule has 1 aromatic carbocycles. The van der Waals surface area contributed by atoms with Crippen molar-refractivity contribution in [3.63, 3.8) is 0 Å². The van der Waals surface area contributed by atoms with E-state index in [4.69, 9.17) is 5.26 Å². The average Bonchev–Trinajstić information content (AvgIpc) is 3.50. The summed E-state index contributed by atoms with van der Waals surface area (Å²) in [4.78, 5) is 8.99. The Kier molecular flexibility index (Phi) is 5.91. The van der Waals surface area contributed by atoms with Gasteiger partial charge >= 0.3 is 0 Å². The number of rotatable bonds is 7. The maximum Gasteiger partial charge on any atom is 0.164 e. The quantitative estimate of drug-likeness (QED) is 0.373. The van der Waals surface area contributed by atoms with Crippen molar-refractivity contribution in [1.82, 2.24) is 34.7 Å². The smallest absolute Gasteiger partial charge is 0.164 e. The van der Waals surface area contributed by atoms with E-state index in [2.05, 4.69) is 36.8 Å². The van der Waals surface area contributed by atoms with Gasteiger partial charge in [-0.05, 0) is 25.5 Å². The van der Waals surface area contributed by atoms with Crippen LogP contribution in [0.5, 0.6) is 0 Å². The largest absolute Gasteiger partial charge is 0.386 e. The number of fused-ring (bicyclic) bond motifs is 1. The molecule has 0 aliphatic rings. The summed E-state index contributed by atoms with van der Waals surface area (Å²) in [5.74, 6) is 0.580. The van der Waals surface area contributed by atoms with Crippen LogP contribution in [0.3, 0.4) is 0 Å². The summed E-state index contributed by atoms with van der Waals surface area (Å²) in [6.45, 7) is 4.38. The molecule has 1 atom stereocenters. The van der Waals surface area contributed by atoms with Crippen LogP contribution in [0.15, 0.2) is 67.3 Å². The maximum absolute atomic E-state index is 10.5. The van der Waals surface area contributed by atoms with Crippen molar-refractivity contribution in [2.45, 2.75) is 32.5 Å². The van der Waals surface area contributed by atoms with Gasteiger partial charge < -0.3 is 10.4 Å². The van der Waals surface area contributed by atoms with Crippen LogP contribution in [-0.2, 0) is 6.54 Å². The van der Waals surface area contributed by atoms with Gasteiger partial charge in [-0.2, -0.15) is 15.0 Å². The molecule has 174 valence electrons. The highest BCUT2D eigenvalue weighted by Gasteiger charge is 2.16. The second-order valence-corrected chi connectivity index (χ2v) is 8.44. The lowest BCUT2D eigenvalue weighted by molar-refractivity contribution is 0.150. The predicted molar refractivity (Wildman–Crippen MR) is 131 cm³/mol. The first-order chi connectivity index (χ1) is 17.0. The van der Waals surface area contributed by atoms with E-state index in [1.165, 1.54) is 6.20 Å². The zero-order valence-electron chi connectivity index (χ0n) is 19.2. The Morgan fingerprint density at radius 3 is 2.69 bits per heavy atom. The van der Waals surface area contributed by atoms with Crippen LogP contribution in [0.4, 0.5) is 5.69 Å². The monoisotopic (exact) mass is 465 g/mol. The number of pyridine rings is 2. The third-order valence-electron chi connectivity index (χ3n) is 5.45. The summed E-state index contributed by atoms with van der Waals surface area (Å²) in [6.07, 6.45) is 6.01. The van der Waals surface area contributed by atoms with Gasteiger partial charge in [-0.25, -0.2) is 14.6 Å². The molecule has 35 heavy (non-hydrogen) atoms. The molecular weight excluding hydrogens is 442 g/mol. The van der Waals surface area contributed by atoms with Crippen molar-refractivity contribution in [3.05, 3.63) is 78.4 Å². The van der Waals surface area contributed by atoms with Crippen LogP contribution in [0.25, 0.3) is 28.1 Å². The van der Waals surface area contributed by atoms with Gasteiger partial charge in [0.1, 0.15) is 11.8 Å². The summed E-state index contributed by atoms with van der Waals surface area (Å²) < 4.78 is 3.26. The highest BCUT2D eigenvalue weighted by molar-refractivity contribution is 5.79. The van der Waals surface area contributed by atoms with E-state index in [1.54, 1.807) is 34.0 Å². The van der Waals surface area contributed by atoms with Crippen molar-refractivity contribution in [2.24, 2.45) is 0 Å². The Bertz CT molecular complexity index is 1520. The first-order valence-electron chi connectivity index (χ1n) is 11.2. The zero-order valence-corrected chi connectivity index (χ0v) is 19.2. The molecule has 0 spiro atoms. The molecule has 0 aliphatic heterocycles. The standard InChI is InChI=1S/C25H23N9O/c1-16(2)30-21-9-24(34-25-19(12-29-34)8-17(10-26)11-28-25)27-13-20(21)22-14-33(32-31-22)15-23(35)18-6-4-3-5-7-18/h3-9,11-14,16,23,35H,15H2,1-2H3,(H,27,30)/t23-/m0/s1. The Labute approximate surface area is 201 Å². The Hall–Kier alpha value is -4.62. The fourth-order valence-electron chi connectivity index (χ4n) is 3.81. The molecule has 0 fully saturated rings. The van der Waals surface area contributed by atoms with Crippen LogP contribution < -0.4 is 5.32 Å². The van der Waals surface area contributed by atoms with Crippen LogP contribution in [-0.4, -0.2) is 45.9 Å². The summed E-state index contributed by atoms with van der Waals surface area (Å²) in [5, 5.41) is 36.8. The van der Waals surface area contributed by atoms with E-state index < -0.39 is 6.10 Å². The van der Waals surface area contributed by atoms with E-state index in [9.17, 15) is 5.11 Å². The normalized spacial score (nSPS) is 12.1. The second-order valence-electron chi connectivity index (χ2n) is 8.44. The van der Waals surface area contributed by atoms with Gasteiger partial charge in [0.25, 0.3) is 0 Å². The van der Waals surface area contributed by atoms with Crippen LogP contribution >= 0.6 is 0 Å². The minimum atomic E-state index is -0.693. The topological polar surface area (TPSA) is 130 Å². The number of aliphatic hydroxyl groups is 1. The SMILES string of the molecule is CC(C)Nc1cc(-n2ncc3cc(C#N)cnc32)ncc1-c1cn(C[C@H](O)c2ccccc2)nn1. The molecule has 5 aromatic rings.